The van der Waals surface area contributed by atoms with Gasteiger partial charge in [0.2, 0.25) is 0 Å². The van der Waals surface area contributed by atoms with Gasteiger partial charge in [0.25, 0.3) is 5.91 Å². The van der Waals surface area contributed by atoms with Gasteiger partial charge in [0.1, 0.15) is 5.75 Å². The average Bonchev–Trinajstić information content (AvgIpc) is 2.68. The number of ether oxygens (including phenoxy) is 1. The van der Waals surface area contributed by atoms with E-state index in [-0.39, 0.29) is 5.91 Å². The maximum Gasteiger partial charge on any atom is 0.257 e. The smallest absolute Gasteiger partial charge is 0.257 e. The minimum absolute atomic E-state index is 0.286. The van der Waals surface area contributed by atoms with Crippen LogP contribution in [-0.4, -0.2) is 18.0 Å². The number of nitrogens with one attached hydrogen (secondary N) is 1. The lowest BCUT2D eigenvalue weighted by Crippen LogP contribution is -2.13. The van der Waals surface area contributed by atoms with Crippen molar-refractivity contribution in [1.29, 1.82) is 0 Å². The van der Waals surface area contributed by atoms with Crippen LogP contribution < -0.4 is 10.1 Å². The minimum Gasteiger partial charge on any atom is -0.495 e. The molecular weight excluding hydrogens is 348 g/mol. The third-order valence-electron chi connectivity index (χ3n) is 3.73. The number of amides is 1. The number of pyridine rings is 1. The Morgan fingerprint density at radius 3 is 2.62 bits per heavy atom. The van der Waals surface area contributed by atoms with Gasteiger partial charge < -0.3 is 10.1 Å². The SMILES string of the molecule is COc1cc(/C=C/c2ccccn2)ccc1NC(=O)c1ccccc1Cl. The van der Waals surface area contributed by atoms with Gasteiger partial charge in [0.15, 0.2) is 0 Å². The molecule has 0 saturated carbocycles. The second-order valence-electron chi connectivity index (χ2n) is 5.48. The summed E-state index contributed by atoms with van der Waals surface area (Å²) in [6, 6.07) is 18.2. The minimum atomic E-state index is -0.286. The van der Waals surface area contributed by atoms with Crippen LogP contribution in [0, 0.1) is 0 Å². The molecule has 0 aliphatic heterocycles. The molecule has 0 saturated heterocycles. The molecule has 0 fully saturated rings. The highest BCUT2D eigenvalue weighted by atomic mass is 35.5. The predicted octanol–water partition coefficient (Wildman–Crippen LogP) is 5.17. The molecule has 2 aromatic carbocycles. The first-order valence-corrected chi connectivity index (χ1v) is 8.38. The fraction of sp³-hybridized carbons (Fsp3) is 0.0476. The molecule has 0 radical (unpaired) electrons. The van der Waals surface area contributed by atoms with Crippen molar-refractivity contribution in [2.75, 3.05) is 12.4 Å². The van der Waals surface area contributed by atoms with Crippen molar-refractivity contribution in [3.63, 3.8) is 0 Å². The van der Waals surface area contributed by atoms with E-state index in [4.69, 9.17) is 16.3 Å². The van der Waals surface area contributed by atoms with Crippen molar-refractivity contribution in [2.45, 2.75) is 0 Å². The standard InChI is InChI=1S/C21H17ClN2O2/c1-26-20-14-15(9-11-16-6-4-5-13-23-16)10-12-19(20)24-21(25)17-7-2-3-8-18(17)22/h2-14H,1H3,(H,24,25)/b11-9+. The summed E-state index contributed by atoms with van der Waals surface area (Å²) in [6.45, 7) is 0. The number of methoxy groups -OCH3 is 1. The third kappa shape index (κ3) is 4.29. The summed E-state index contributed by atoms with van der Waals surface area (Å²) in [7, 11) is 1.56. The van der Waals surface area contributed by atoms with Crippen molar-refractivity contribution in [3.8, 4) is 5.75 Å². The van der Waals surface area contributed by atoms with Crippen LogP contribution in [0.1, 0.15) is 21.6 Å². The van der Waals surface area contributed by atoms with E-state index >= 15 is 0 Å². The van der Waals surface area contributed by atoms with Crippen molar-refractivity contribution in [2.24, 2.45) is 0 Å². The van der Waals surface area contributed by atoms with E-state index in [2.05, 4.69) is 10.3 Å². The molecule has 0 spiro atoms. The van der Waals surface area contributed by atoms with Gasteiger partial charge in [-0.15, -0.1) is 0 Å². The van der Waals surface area contributed by atoms with Crippen LogP contribution in [0.15, 0.2) is 66.9 Å². The second kappa shape index (κ2) is 8.32. The lowest BCUT2D eigenvalue weighted by atomic mass is 10.1. The summed E-state index contributed by atoms with van der Waals surface area (Å²) in [5.74, 6) is 0.277. The molecule has 130 valence electrons. The summed E-state index contributed by atoms with van der Waals surface area (Å²) in [4.78, 5) is 16.7. The maximum absolute atomic E-state index is 12.4. The van der Waals surface area contributed by atoms with Gasteiger partial charge in [-0.2, -0.15) is 0 Å². The number of halogens is 1. The molecule has 0 bridgehead atoms. The average molecular weight is 365 g/mol. The monoisotopic (exact) mass is 364 g/mol. The molecular formula is C21H17ClN2O2. The van der Waals surface area contributed by atoms with Gasteiger partial charge >= 0.3 is 0 Å². The van der Waals surface area contributed by atoms with Crippen LogP contribution in [0.4, 0.5) is 5.69 Å². The molecule has 1 N–H and O–H groups in total. The van der Waals surface area contributed by atoms with E-state index in [1.165, 1.54) is 0 Å². The summed E-state index contributed by atoms with van der Waals surface area (Å²) in [5, 5.41) is 3.24. The summed E-state index contributed by atoms with van der Waals surface area (Å²) in [6.07, 6.45) is 5.59. The number of hydrogen-bond donors (Lipinski definition) is 1. The molecule has 0 unspecified atom stereocenters. The van der Waals surface area contributed by atoms with E-state index in [1.54, 1.807) is 43.6 Å². The molecule has 3 aromatic rings. The van der Waals surface area contributed by atoms with Crippen molar-refractivity contribution < 1.29 is 9.53 Å². The lowest BCUT2D eigenvalue weighted by Gasteiger charge is -2.11. The number of aromatic nitrogens is 1. The normalized spacial score (nSPS) is 10.7. The Morgan fingerprint density at radius 2 is 1.88 bits per heavy atom. The van der Waals surface area contributed by atoms with Gasteiger partial charge in [-0.05, 0) is 48.0 Å². The summed E-state index contributed by atoms with van der Waals surface area (Å²) < 4.78 is 5.41. The van der Waals surface area contributed by atoms with Crippen molar-refractivity contribution in [1.82, 2.24) is 4.98 Å². The van der Waals surface area contributed by atoms with Crippen LogP contribution in [0.2, 0.25) is 5.02 Å². The molecule has 0 aliphatic rings. The quantitative estimate of drug-likeness (QED) is 0.679. The Hall–Kier alpha value is -3.11. The Kier molecular flexibility index (Phi) is 5.66. The zero-order chi connectivity index (χ0) is 18.4. The van der Waals surface area contributed by atoms with Gasteiger partial charge in [-0.3, -0.25) is 9.78 Å². The summed E-state index contributed by atoms with van der Waals surface area (Å²) >= 11 is 6.08. The molecule has 1 aromatic heterocycles. The molecule has 1 heterocycles. The van der Waals surface area contributed by atoms with Gasteiger partial charge in [-0.1, -0.05) is 41.9 Å². The molecule has 1 amide bonds. The number of anilines is 1. The first-order valence-electron chi connectivity index (χ1n) is 8.00. The Labute approximate surface area is 157 Å². The highest BCUT2D eigenvalue weighted by molar-refractivity contribution is 6.34. The first-order chi connectivity index (χ1) is 12.7. The Morgan fingerprint density at radius 1 is 1.08 bits per heavy atom. The number of benzene rings is 2. The van der Waals surface area contributed by atoms with E-state index in [0.717, 1.165) is 11.3 Å². The van der Waals surface area contributed by atoms with E-state index in [1.807, 2.05) is 42.5 Å². The number of rotatable bonds is 5. The molecule has 0 aliphatic carbocycles. The number of carbonyl (C=O) groups is 1. The van der Waals surface area contributed by atoms with Crippen LogP contribution in [0.5, 0.6) is 5.75 Å². The molecule has 0 atom stereocenters. The number of nitrogens with zero attached hydrogens (tertiary/aromatic N) is 1. The summed E-state index contributed by atoms with van der Waals surface area (Å²) in [5.41, 5.74) is 2.79. The Balaban J connectivity index is 1.80. The Bertz CT molecular complexity index is 940. The topological polar surface area (TPSA) is 51.2 Å². The van der Waals surface area contributed by atoms with E-state index in [9.17, 15) is 4.79 Å². The predicted molar refractivity (Wildman–Crippen MR) is 106 cm³/mol. The number of hydrogen-bond acceptors (Lipinski definition) is 3. The first kappa shape index (κ1) is 17.7. The second-order valence-corrected chi connectivity index (χ2v) is 5.89. The van der Waals surface area contributed by atoms with E-state index < -0.39 is 0 Å². The van der Waals surface area contributed by atoms with Crippen molar-refractivity contribution >= 4 is 35.3 Å². The fourth-order valence-corrected chi connectivity index (χ4v) is 2.63. The fourth-order valence-electron chi connectivity index (χ4n) is 2.41. The lowest BCUT2D eigenvalue weighted by molar-refractivity contribution is 0.102. The van der Waals surface area contributed by atoms with Gasteiger partial charge in [-0.25, -0.2) is 0 Å². The highest BCUT2D eigenvalue weighted by Crippen LogP contribution is 2.27. The van der Waals surface area contributed by atoms with Crippen LogP contribution >= 0.6 is 11.6 Å². The van der Waals surface area contributed by atoms with Gasteiger partial charge in [0, 0.05) is 6.20 Å². The molecule has 4 nitrogen and oxygen atoms in total. The van der Waals surface area contributed by atoms with Crippen LogP contribution in [-0.2, 0) is 0 Å². The van der Waals surface area contributed by atoms with Gasteiger partial charge in [0.05, 0.1) is 29.1 Å². The molecule has 5 heteroatoms. The molecule has 3 rings (SSSR count). The van der Waals surface area contributed by atoms with E-state index in [0.29, 0.717) is 22.0 Å². The third-order valence-corrected chi connectivity index (χ3v) is 4.06. The zero-order valence-corrected chi connectivity index (χ0v) is 14.9. The maximum atomic E-state index is 12.4. The van der Waals surface area contributed by atoms with Crippen LogP contribution in [0.25, 0.3) is 12.2 Å². The largest absolute Gasteiger partial charge is 0.495 e. The highest BCUT2D eigenvalue weighted by Gasteiger charge is 2.12. The van der Waals surface area contributed by atoms with Crippen molar-refractivity contribution in [3.05, 3.63) is 88.7 Å². The molecule has 26 heavy (non-hydrogen) atoms. The van der Waals surface area contributed by atoms with Crippen LogP contribution in [0.3, 0.4) is 0 Å². The number of carbonyl (C=O) groups excluding carboxylic acids is 1. The zero-order valence-electron chi connectivity index (χ0n) is 14.1.